The Hall–Kier alpha value is -1.38. The molecule has 3 heteroatoms. The fourth-order valence-electron chi connectivity index (χ4n) is 2.28. The zero-order valence-corrected chi connectivity index (χ0v) is 10.6. The van der Waals surface area contributed by atoms with E-state index in [1.807, 2.05) is 18.2 Å². The zero-order valence-electron chi connectivity index (χ0n) is 10.6. The number of methoxy groups -OCH3 is 2. The van der Waals surface area contributed by atoms with Gasteiger partial charge in [0.2, 0.25) is 5.75 Å². The minimum atomic E-state index is 0.300. The van der Waals surface area contributed by atoms with Gasteiger partial charge in [0, 0.05) is 0 Å². The second-order valence-electron chi connectivity index (χ2n) is 4.37. The Balaban J connectivity index is 2.16. The average molecular weight is 236 g/mol. The molecule has 2 rings (SSSR count). The molecule has 94 valence electrons. The SMILES string of the molecule is COc1cccc(OC)c1OC1CCCCC1. The Kier molecular flexibility index (Phi) is 4.13. The van der Waals surface area contributed by atoms with Gasteiger partial charge in [0.05, 0.1) is 20.3 Å². The highest BCUT2D eigenvalue weighted by molar-refractivity contribution is 5.51. The third-order valence-electron chi connectivity index (χ3n) is 3.22. The quantitative estimate of drug-likeness (QED) is 0.801. The van der Waals surface area contributed by atoms with Crippen molar-refractivity contribution in [2.45, 2.75) is 38.2 Å². The number of hydrogen-bond donors (Lipinski definition) is 0. The summed E-state index contributed by atoms with van der Waals surface area (Å²) in [5.41, 5.74) is 0. The van der Waals surface area contributed by atoms with E-state index in [2.05, 4.69) is 0 Å². The van der Waals surface area contributed by atoms with Crippen molar-refractivity contribution in [1.82, 2.24) is 0 Å². The molecule has 0 heterocycles. The fourth-order valence-corrected chi connectivity index (χ4v) is 2.28. The van der Waals surface area contributed by atoms with Crippen LogP contribution in [0.1, 0.15) is 32.1 Å². The molecule has 1 aromatic rings. The minimum absolute atomic E-state index is 0.300. The van der Waals surface area contributed by atoms with Crippen LogP contribution in [0.15, 0.2) is 18.2 Å². The van der Waals surface area contributed by atoms with Crippen molar-refractivity contribution in [3.05, 3.63) is 18.2 Å². The van der Waals surface area contributed by atoms with Crippen LogP contribution in [0, 0.1) is 0 Å². The molecule has 0 N–H and O–H groups in total. The molecule has 0 unspecified atom stereocenters. The Morgan fingerprint density at radius 1 is 0.941 bits per heavy atom. The smallest absolute Gasteiger partial charge is 0.203 e. The van der Waals surface area contributed by atoms with E-state index in [1.165, 1.54) is 19.3 Å². The molecule has 1 aromatic carbocycles. The monoisotopic (exact) mass is 236 g/mol. The normalized spacial score (nSPS) is 16.6. The van der Waals surface area contributed by atoms with Crippen molar-refractivity contribution in [1.29, 1.82) is 0 Å². The summed E-state index contributed by atoms with van der Waals surface area (Å²) in [5, 5.41) is 0. The summed E-state index contributed by atoms with van der Waals surface area (Å²) >= 11 is 0. The molecule has 0 bridgehead atoms. The van der Waals surface area contributed by atoms with Crippen molar-refractivity contribution in [3.63, 3.8) is 0 Å². The van der Waals surface area contributed by atoms with Gasteiger partial charge in [0.15, 0.2) is 11.5 Å². The van der Waals surface area contributed by atoms with Crippen molar-refractivity contribution in [2.24, 2.45) is 0 Å². The lowest BCUT2D eigenvalue weighted by Crippen LogP contribution is -2.20. The Morgan fingerprint density at radius 2 is 1.53 bits per heavy atom. The first-order chi connectivity index (χ1) is 8.35. The van der Waals surface area contributed by atoms with Gasteiger partial charge >= 0.3 is 0 Å². The van der Waals surface area contributed by atoms with Crippen molar-refractivity contribution in [3.8, 4) is 17.2 Å². The number of rotatable bonds is 4. The highest BCUT2D eigenvalue weighted by Gasteiger charge is 2.19. The maximum Gasteiger partial charge on any atom is 0.203 e. The summed E-state index contributed by atoms with van der Waals surface area (Å²) in [5.74, 6) is 2.23. The van der Waals surface area contributed by atoms with E-state index in [-0.39, 0.29) is 0 Å². The Bertz CT molecular complexity index is 334. The van der Waals surface area contributed by atoms with Crippen LogP contribution in [0.3, 0.4) is 0 Å². The van der Waals surface area contributed by atoms with Crippen LogP contribution in [0.5, 0.6) is 17.2 Å². The molecule has 0 aromatic heterocycles. The van der Waals surface area contributed by atoms with Gasteiger partial charge in [-0.05, 0) is 37.8 Å². The average Bonchev–Trinajstić information content (AvgIpc) is 2.40. The molecule has 0 radical (unpaired) electrons. The van der Waals surface area contributed by atoms with Crippen LogP contribution >= 0.6 is 0 Å². The van der Waals surface area contributed by atoms with E-state index in [0.717, 1.165) is 30.1 Å². The van der Waals surface area contributed by atoms with Gasteiger partial charge < -0.3 is 14.2 Å². The van der Waals surface area contributed by atoms with Gasteiger partial charge in [-0.25, -0.2) is 0 Å². The lowest BCUT2D eigenvalue weighted by atomic mass is 9.98. The molecule has 1 aliphatic carbocycles. The van der Waals surface area contributed by atoms with Gasteiger partial charge in [-0.2, -0.15) is 0 Å². The third kappa shape index (κ3) is 2.84. The van der Waals surface area contributed by atoms with E-state index in [9.17, 15) is 0 Å². The van der Waals surface area contributed by atoms with Crippen LogP contribution in [0.2, 0.25) is 0 Å². The summed E-state index contributed by atoms with van der Waals surface area (Å²) in [7, 11) is 3.31. The van der Waals surface area contributed by atoms with Crippen molar-refractivity contribution < 1.29 is 14.2 Å². The van der Waals surface area contributed by atoms with E-state index >= 15 is 0 Å². The molecular weight excluding hydrogens is 216 g/mol. The number of hydrogen-bond acceptors (Lipinski definition) is 3. The number of ether oxygens (including phenoxy) is 3. The molecule has 3 nitrogen and oxygen atoms in total. The second kappa shape index (κ2) is 5.80. The maximum absolute atomic E-state index is 6.05. The zero-order chi connectivity index (χ0) is 12.1. The summed E-state index contributed by atoms with van der Waals surface area (Å²) in [6.45, 7) is 0. The van der Waals surface area contributed by atoms with Gasteiger partial charge in [-0.15, -0.1) is 0 Å². The van der Waals surface area contributed by atoms with Gasteiger partial charge in [-0.3, -0.25) is 0 Å². The summed E-state index contributed by atoms with van der Waals surface area (Å²) in [4.78, 5) is 0. The predicted molar refractivity (Wildman–Crippen MR) is 67.0 cm³/mol. The van der Waals surface area contributed by atoms with Crippen molar-refractivity contribution in [2.75, 3.05) is 14.2 Å². The molecule has 17 heavy (non-hydrogen) atoms. The first kappa shape index (κ1) is 12.1. The van der Waals surface area contributed by atoms with E-state index < -0.39 is 0 Å². The summed E-state index contributed by atoms with van der Waals surface area (Å²) in [6.07, 6.45) is 6.38. The first-order valence-corrected chi connectivity index (χ1v) is 6.23. The molecular formula is C14H20O3. The first-order valence-electron chi connectivity index (χ1n) is 6.23. The van der Waals surface area contributed by atoms with E-state index in [1.54, 1.807) is 14.2 Å². The van der Waals surface area contributed by atoms with Gasteiger partial charge in [-0.1, -0.05) is 12.5 Å². The molecule has 0 saturated heterocycles. The topological polar surface area (TPSA) is 27.7 Å². The van der Waals surface area contributed by atoms with E-state index in [0.29, 0.717) is 6.10 Å². The van der Waals surface area contributed by atoms with Crippen LogP contribution in [0.25, 0.3) is 0 Å². The molecule has 0 atom stereocenters. The minimum Gasteiger partial charge on any atom is -0.493 e. The van der Waals surface area contributed by atoms with Crippen LogP contribution in [-0.2, 0) is 0 Å². The molecule has 1 aliphatic rings. The number of para-hydroxylation sites is 1. The van der Waals surface area contributed by atoms with Crippen LogP contribution in [0.4, 0.5) is 0 Å². The van der Waals surface area contributed by atoms with E-state index in [4.69, 9.17) is 14.2 Å². The van der Waals surface area contributed by atoms with Crippen LogP contribution in [-0.4, -0.2) is 20.3 Å². The molecule has 1 saturated carbocycles. The fraction of sp³-hybridized carbons (Fsp3) is 0.571. The summed E-state index contributed by atoms with van der Waals surface area (Å²) in [6, 6.07) is 5.72. The third-order valence-corrected chi connectivity index (χ3v) is 3.22. The molecule has 0 spiro atoms. The second-order valence-corrected chi connectivity index (χ2v) is 4.37. The predicted octanol–water partition coefficient (Wildman–Crippen LogP) is 3.42. The van der Waals surface area contributed by atoms with Gasteiger partial charge in [0.25, 0.3) is 0 Å². The van der Waals surface area contributed by atoms with Crippen LogP contribution < -0.4 is 14.2 Å². The lowest BCUT2D eigenvalue weighted by Gasteiger charge is -2.24. The Morgan fingerprint density at radius 3 is 2.06 bits per heavy atom. The van der Waals surface area contributed by atoms with Gasteiger partial charge in [0.1, 0.15) is 0 Å². The highest BCUT2D eigenvalue weighted by atomic mass is 16.5. The molecule has 1 fully saturated rings. The molecule has 0 amide bonds. The standard InChI is InChI=1S/C14H20O3/c1-15-12-9-6-10-13(16-2)14(12)17-11-7-4-3-5-8-11/h6,9-11H,3-5,7-8H2,1-2H3. The van der Waals surface area contributed by atoms with Crippen molar-refractivity contribution >= 4 is 0 Å². The molecule has 0 aliphatic heterocycles. The summed E-state index contributed by atoms with van der Waals surface area (Å²) < 4.78 is 16.7. The highest BCUT2D eigenvalue weighted by Crippen LogP contribution is 2.38. The maximum atomic E-state index is 6.05. The largest absolute Gasteiger partial charge is 0.493 e. The Labute approximate surface area is 103 Å². The lowest BCUT2D eigenvalue weighted by molar-refractivity contribution is 0.144. The number of benzene rings is 1.